The van der Waals surface area contributed by atoms with Gasteiger partial charge in [-0.25, -0.2) is 0 Å². The Morgan fingerprint density at radius 2 is 1.86 bits per heavy atom. The second-order valence-electron chi connectivity index (χ2n) is 6.10. The van der Waals surface area contributed by atoms with Crippen LogP contribution in [0.2, 0.25) is 0 Å². The minimum Gasteiger partial charge on any atom is -0.493 e. The van der Waals surface area contributed by atoms with Gasteiger partial charge in [0.05, 0.1) is 23.6 Å². The van der Waals surface area contributed by atoms with Gasteiger partial charge in [0, 0.05) is 0 Å². The zero-order valence-corrected chi connectivity index (χ0v) is 16.9. The van der Waals surface area contributed by atoms with Gasteiger partial charge < -0.3 is 9.84 Å². The molecule has 1 N–H and O–H groups in total. The lowest BCUT2D eigenvalue weighted by atomic mass is 10.1. The van der Waals surface area contributed by atoms with Gasteiger partial charge in [-0.2, -0.15) is 0 Å². The zero-order chi connectivity index (χ0) is 20.1. The lowest BCUT2D eigenvalue weighted by Gasteiger charge is -2.14. The molecule has 0 bridgehead atoms. The lowest BCUT2D eigenvalue weighted by molar-refractivity contribution is -0.137. The molecule has 1 heterocycles. The molecule has 2 aromatic rings. The fraction of sp³-hybridized carbons (Fsp3) is 0.190. The van der Waals surface area contributed by atoms with Crippen LogP contribution in [0.25, 0.3) is 6.08 Å². The third-order valence-corrected chi connectivity index (χ3v) is 5.46. The summed E-state index contributed by atoms with van der Waals surface area (Å²) in [7, 11) is 0. The summed E-state index contributed by atoms with van der Waals surface area (Å²) in [5, 5.41) is 8.63. The highest BCUT2D eigenvalue weighted by molar-refractivity contribution is 8.27. The number of aryl methyl sites for hydroxylation is 1. The summed E-state index contributed by atoms with van der Waals surface area (Å²) >= 11 is 6.68. The molecule has 2 aromatic carbocycles. The van der Waals surface area contributed by atoms with E-state index in [2.05, 4.69) is 6.92 Å². The second-order valence-corrected chi connectivity index (χ2v) is 7.77. The number of thioether (sulfide) groups is 1. The predicted molar refractivity (Wildman–Crippen MR) is 116 cm³/mol. The fourth-order valence-electron chi connectivity index (χ4n) is 2.64. The molecule has 1 fully saturated rings. The Morgan fingerprint density at radius 3 is 2.46 bits per heavy atom. The van der Waals surface area contributed by atoms with Crippen LogP contribution in [0.1, 0.15) is 24.5 Å². The quantitative estimate of drug-likeness (QED) is 0.532. The van der Waals surface area contributed by atoms with Gasteiger partial charge in [-0.05, 0) is 47.9 Å². The number of benzene rings is 2. The summed E-state index contributed by atoms with van der Waals surface area (Å²) in [5.74, 6) is -0.453. The van der Waals surface area contributed by atoms with E-state index in [1.54, 1.807) is 23.1 Å². The third-order valence-electron chi connectivity index (χ3n) is 4.16. The molecule has 3 rings (SSSR count). The number of hydrogen-bond acceptors (Lipinski definition) is 5. The molecule has 0 atom stereocenters. The molecule has 0 unspecified atom stereocenters. The van der Waals surface area contributed by atoms with Crippen molar-refractivity contribution in [3.8, 4) is 5.75 Å². The van der Waals surface area contributed by atoms with Gasteiger partial charge in [0.1, 0.15) is 5.75 Å². The summed E-state index contributed by atoms with van der Waals surface area (Å²) in [4.78, 5) is 25.4. The highest BCUT2D eigenvalue weighted by atomic mass is 32.2. The molecule has 1 amide bonds. The summed E-state index contributed by atoms with van der Waals surface area (Å²) in [6, 6.07) is 15.0. The molecular weight excluding hydrogens is 394 g/mol. The topological polar surface area (TPSA) is 66.8 Å². The molecule has 1 saturated heterocycles. The van der Waals surface area contributed by atoms with Gasteiger partial charge in [-0.1, -0.05) is 55.2 Å². The highest BCUT2D eigenvalue weighted by Crippen LogP contribution is 2.36. The van der Waals surface area contributed by atoms with Crippen LogP contribution in [0, 0.1) is 0 Å². The van der Waals surface area contributed by atoms with E-state index in [0.29, 0.717) is 15.0 Å². The number of thiocarbonyl (C=S) groups is 1. The van der Waals surface area contributed by atoms with Crippen molar-refractivity contribution in [3.05, 3.63) is 64.6 Å². The van der Waals surface area contributed by atoms with Crippen LogP contribution >= 0.6 is 24.0 Å². The van der Waals surface area contributed by atoms with Crippen molar-refractivity contribution in [2.45, 2.75) is 19.8 Å². The molecular formula is C21H19NO4S2. The summed E-state index contributed by atoms with van der Waals surface area (Å²) in [5.41, 5.74) is 2.81. The van der Waals surface area contributed by atoms with E-state index < -0.39 is 5.97 Å². The average Bonchev–Trinajstić information content (AvgIpc) is 2.96. The van der Waals surface area contributed by atoms with Gasteiger partial charge in [-0.15, -0.1) is 0 Å². The van der Waals surface area contributed by atoms with E-state index in [4.69, 9.17) is 22.1 Å². The number of aliphatic carboxylic acids is 1. The fourth-order valence-corrected chi connectivity index (χ4v) is 3.94. The smallest absolute Gasteiger partial charge is 0.306 e. The molecule has 28 heavy (non-hydrogen) atoms. The van der Waals surface area contributed by atoms with Crippen LogP contribution in [0.5, 0.6) is 5.75 Å². The Kier molecular flexibility index (Phi) is 6.49. The molecule has 7 heteroatoms. The summed E-state index contributed by atoms with van der Waals surface area (Å²) in [6.45, 7) is 2.20. The molecule has 0 aromatic heterocycles. The Bertz CT molecular complexity index is 920. The van der Waals surface area contributed by atoms with E-state index in [1.807, 2.05) is 36.4 Å². The molecule has 0 saturated carbocycles. The van der Waals surface area contributed by atoms with Gasteiger partial charge in [0.2, 0.25) is 0 Å². The van der Waals surface area contributed by atoms with Crippen LogP contribution in [-0.4, -0.2) is 27.9 Å². The van der Waals surface area contributed by atoms with E-state index in [9.17, 15) is 9.59 Å². The van der Waals surface area contributed by atoms with Crippen molar-refractivity contribution in [3.63, 3.8) is 0 Å². The summed E-state index contributed by atoms with van der Waals surface area (Å²) in [6.07, 6.45) is 2.68. The second kappa shape index (κ2) is 9.03. The van der Waals surface area contributed by atoms with Crippen molar-refractivity contribution in [1.29, 1.82) is 0 Å². The van der Waals surface area contributed by atoms with Crippen LogP contribution in [0.3, 0.4) is 0 Å². The van der Waals surface area contributed by atoms with Gasteiger partial charge in [0.15, 0.2) is 4.32 Å². The number of rotatable bonds is 7. The van der Waals surface area contributed by atoms with Gasteiger partial charge >= 0.3 is 5.97 Å². The first kappa shape index (κ1) is 20.1. The van der Waals surface area contributed by atoms with Gasteiger partial charge in [-0.3, -0.25) is 14.5 Å². The monoisotopic (exact) mass is 413 g/mol. The number of hydrogen-bond donors (Lipinski definition) is 1. The number of nitrogens with zero attached hydrogens (tertiary/aromatic N) is 1. The van der Waals surface area contributed by atoms with Crippen molar-refractivity contribution in [2.75, 3.05) is 11.5 Å². The van der Waals surface area contributed by atoms with E-state index in [-0.39, 0.29) is 18.9 Å². The van der Waals surface area contributed by atoms with Crippen LogP contribution in [0.4, 0.5) is 5.69 Å². The average molecular weight is 414 g/mol. The first-order valence-electron chi connectivity index (χ1n) is 8.79. The first-order valence-corrected chi connectivity index (χ1v) is 10.0. The molecule has 0 spiro atoms. The molecule has 144 valence electrons. The number of carbonyl (C=O) groups is 2. The molecule has 1 aliphatic heterocycles. The van der Waals surface area contributed by atoms with Crippen LogP contribution < -0.4 is 9.64 Å². The molecule has 0 radical (unpaired) electrons. The van der Waals surface area contributed by atoms with E-state index in [1.165, 1.54) is 17.3 Å². The standard InChI is InChI=1S/C21H19NO4S2/c1-2-14-3-7-16(8-4-14)22-20(25)18(28-21(22)27)13-15-5-9-17(10-6-15)26-12-11-19(23)24/h3-10,13H,2,11-12H2,1H3,(H,23,24)/b18-13+. The van der Waals surface area contributed by atoms with Crippen molar-refractivity contribution in [1.82, 2.24) is 0 Å². The SMILES string of the molecule is CCc1ccc(N2C(=O)/C(=C\c3ccc(OCCC(=O)O)cc3)SC2=S)cc1. The van der Waals surface area contributed by atoms with Crippen molar-refractivity contribution < 1.29 is 19.4 Å². The summed E-state index contributed by atoms with van der Waals surface area (Å²) < 4.78 is 5.88. The minimum absolute atomic E-state index is 0.0521. The Hall–Kier alpha value is -2.64. The number of carboxylic acid groups (broad SMARTS) is 1. The number of amides is 1. The lowest BCUT2D eigenvalue weighted by Crippen LogP contribution is -2.27. The maximum Gasteiger partial charge on any atom is 0.306 e. The zero-order valence-electron chi connectivity index (χ0n) is 15.3. The number of carbonyl (C=O) groups excluding carboxylic acids is 1. The van der Waals surface area contributed by atoms with Crippen LogP contribution in [-0.2, 0) is 16.0 Å². The normalized spacial score (nSPS) is 15.3. The maximum absolute atomic E-state index is 12.8. The third kappa shape index (κ3) is 4.79. The first-order chi connectivity index (χ1) is 13.5. The van der Waals surface area contributed by atoms with E-state index in [0.717, 1.165) is 17.7 Å². The largest absolute Gasteiger partial charge is 0.493 e. The molecule has 0 aliphatic carbocycles. The van der Waals surface area contributed by atoms with E-state index >= 15 is 0 Å². The highest BCUT2D eigenvalue weighted by Gasteiger charge is 2.33. The molecule has 5 nitrogen and oxygen atoms in total. The van der Waals surface area contributed by atoms with Gasteiger partial charge in [0.25, 0.3) is 5.91 Å². The van der Waals surface area contributed by atoms with Crippen LogP contribution in [0.15, 0.2) is 53.4 Å². The predicted octanol–water partition coefficient (Wildman–Crippen LogP) is 4.51. The number of anilines is 1. The Labute approximate surface area is 173 Å². The Morgan fingerprint density at radius 1 is 1.18 bits per heavy atom. The van der Waals surface area contributed by atoms with Crippen molar-refractivity contribution >= 4 is 51.9 Å². The maximum atomic E-state index is 12.8. The van der Waals surface area contributed by atoms with Crippen molar-refractivity contribution in [2.24, 2.45) is 0 Å². The minimum atomic E-state index is -0.900. The Balaban J connectivity index is 1.71. The number of carboxylic acids is 1. The number of ether oxygens (including phenoxy) is 1. The molecule has 1 aliphatic rings.